The van der Waals surface area contributed by atoms with Gasteiger partial charge < -0.3 is 5.32 Å². The Hall–Kier alpha value is -2.66. The van der Waals surface area contributed by atoms with E-state index in [1.165, 1.54) is 29.7 Å². The van der Waals surface area contributed by atoms with E-state index < -0.39 is 0 Å². The zero-order valence-electron chi connectivity index (χ0n) is 15.0. The lowest BCUT2D eigenvalue weighted by Crippen LogP contribution is -2.38. The highest BCUT2D eigenvalue weighted by molar-refractivity contribution is 5.45. The quantitative estimate of drug-likeness (QED) is 0.742. The number of piperidine rings is 1. The minimum atomic E-state index is 0.556. The number of rotatable bonds is 6. The molecule has 1 aliphatic heterocycles. The van der Waals surface area contributed by atoms with Gasteiger partial charge in [-0.3, -0.25) is 14.6 Å². The third kappa shape index (κ3) is 4.49. The normalized spacial score (nSPS) is 15.8. The lowest BCUT2D eigenvalue weighted by molar-refractivity contribution is 0.211. The van der Waals surface area contributed by atoms with Crippen LogP contribution in [0.1, 0.15) is 24.0 Å². The number of nitrogens with one attached hydrogen (secondary N) is 1. The monoisotopic (exact) mass is 347 g/mol. The second-order valence-electron chi connectivity index (χ2n) is 6.95. The molecule has 1 N–H and O–H groups in total. The molecule has 1 aliphatic rings. The van der Waals surface area contributed by atoms with Gasteiger partial charge in [-0.1, -0.05) is 12.1 Å². The fourth-order valence-corrected chi connectivity index (χ4v) is 3.50. The Morgan fingerprint density at radius 1 is 0.885 bits per heavy atom. The molecule has 0 saturated carbocycles. The lowest BCUT2D eigenvalue weighted by atomic mass is 10.0. The first-order valence-electron chi connectivity index (χ1n) is 9.29. The van der Waals surface area contributed by atoms with Gasteiger partial charge in [0, 0.05) is 56.2 Å². The summed E-state index contributed by atoms with van der Waals surface area (Å²) >= 11 is 0. The largest absolute Gasteiger partial charge is 0.382 e. The van der Waals surface area contributed by atoms with E-state index in [2.05, 4.69) is 56.7 Å². The summed E-state index contributed by atoms with van der Waals surface area (Å²) in [6, 6.07) is 15.5. The SMILES string of the molecule is c1cnn(Cc2ccc(NC3CCN(Cc4ccncc4)CC3)cc2)c1. The van der Waals surface area contributed by atoms with Crippen LogP contribution in [0.2, 0.25) is 0 Å². The number of nitrogens with zero attached hydrogens (tertiary/aromatic N) is 4. The Labute approximate surface area is 154 Å². The molecule has 3 heterocycles. The van der Waals surface area contributed by atoms with Crippen molar-refractivity contribution < 1.29 is 0 Å². The molecule has 26 heavy (non-hydrogen) atoms. The van der Waals surface area contributed by atoms with E-state index in [4.69, 9.17) is 0 Å². The molecule has 0 spiro atoms. The zero-order valence-corrected chi connectivity index (χ0v) is 15.0. The van der Waals surface area contributed by atoms with Crippen molar-refractivity contribution in [2.45, 2.75) is 32.0 Å². The molecular weight excluding hydrogens is 322 g/mol. The van der Waals surface area contributed by atoms with Gasteiger partial charge in [-0.2, -0.15) is 5.10 Å². The number of hydrogen-bond acceptors (Lipinski definition) is 4. The smallest absolute Gasteiger partial charge is 0.0659 e. The van der Waals surface area contributed by atoms with Crippen molar-refractivity contribution in [1.29, 1.82) is 0 Å². The van der Waals surface area contributed by atoms with Gasteiger partial charge in [-0.25, -0.2) is 0 Å². The maximum absolute atomic E-state index is 4.26. The fraction of sp³-hybridized carbons (Fsp3) is 0.333. The molecule has 2 aromatic heterocycles. The second-order valence-corrected chi connectivity index (χ2v) is 6.95. The van der Waals surface area contributed by atoms with E-state index in [-0.39, 0.29) is 0 Å². The highest BCUT2D eigenvalue weighted by atomic mass is 15.3. The minimum Gasteiger partial charge on any atom is -0.382 e. The molecule has 0 radical (unpaired) electrons. The van der Waals surface area contributed by atoms with Crippen molar-refractivity contribution in [2.75, 3.05) is 18.4 Å². The maximum atomic E-state index is 4.26. The summed E-state index contributed by atoms with van der Waals surface area (Å²) < 4.78 is 1.95. The van der Waals surface area contributed by atoms with Crippen LogP contribution in [0, 0.1) is 0 Å². The van der Waals surface area contributed by atoms with Crippen LogP contribution in [0.15, 0.2) is 67.3 Å². The maximum Gasteiger partial charge on any atom is 0.0659 e. The molecule has 4 rings (SSSR count). The molecule has 134 valence electrons. The molecule has 1 saturated heterocycles. The summed E-state index contributed by atoms with van der Waals surface area (Å²) in [5.74, 6) is 0. The van der Waals surface area contributed by atoms with Crippen molar-refractivity contribution in [1.82, 2.24) is 19.7 Å². The molecular formula is C21H25N5. The van der Waals surface area contributed by atoms with Crippen LogP contribution in [0.3, 0.4) is 0 Å². The first kappa shape index (κ1) is 16.8. The Morgan fingerprint density at radius 2 is 1.62 bits per heavy atom. The second kappa shape index (κ2) is 8.15. The highest BCUT2D eigenvalue weighted by Gasteiger charge is 2.19. The average molecular weight is 347 g/mol. The van der Waals surface area contributed by atoms with Crippen molar-refractivity contribution in [3.63, 3.8) is 0 Å². The molecule has 1 aromatic carbocycles. The number of hydrogen-bond donors (Lipinski definition) is 1. The van der Waals surface area contributed by atoms with E-state index in [1.54, 1.807) is 0 Å². The van der Waals surface area contributed by atoms with Crippen LogP contribution in [0.4, 0.5) is 5.69 Å². The summed E-state index contributed by atoms with van der Waals surface area (Å²) in [6.07, 6.45) is 9.92. The van der Waals surface area contributed by atoms with Gasteiger partial charge in [0.05, 0.1) is 6.54 Å². The summed E-state index contributed by atoms with van der Waals surface area (Å²) in [4.78, 5) is 6.62. The number of anilines is 1. The molecule has 0 bridgehead atoms. The minimum absolute atomic E-state index is 0.556. The van der Waals surface area contributed by atoms with Crippen molar-refractivity contribution in [3.8, 4) is 0 Å². The molecule has 0 aliphatic carbocycles. The molecule has 5 nitrogen and oxygen atoms in total. The topological polar surface area (TPSA) is 46.0 Å². The van der Waals surface area contributed by atoms with E-state index in [9.17, 15) is 0 Å². The standard InChI is InChI=1S/C21H25N5/c1-10-23-26(13-1)17-18-2-4-20(5-3-18)24-21-8-14-25(15-9-21)16-19-6-11-22-12-7-19/h1-7,10-13,21,24H,8-9,14-17H2. The van der Waals surface area contributed by atoms with Crippen LogP contribution in [-0.4, -0.2) is 38.8 Å². The summed E-state index contributed by atoms with van der Waals surface area (Å²) in [5, 5.41) is 7.95. The third-order valence-electron chi connectivity index (χ3n) is 4.97. The van der Waals surface area contributed by atoms with Crippen molar-refractivity contribution >= 4 is 5.69 Å². The van der Waals surface area contributed by atoms with Crippen LogP contribution in [0.25, 0.3) is 0 Å². The van der Waals surface area contributed by atoms with E-state index in [0.717, 1.165) is 26.2 Å². The van der Waals surface area contributed by atoms with Gasteiger partial charge in [0.2, 0.25) is 0 Å². The first-order chi connectivity index (χ1) is 12.8. The number of pyridine rings is 1. The van der Waals surface area contributed by atoms with Gasteiger partial charge in [-0.15, -0.1) is 0 Å². The lowest BCUT2D eigenvalue weighted by Gasteiger charge is -2.32. The van der Waals surface area contributed by atoms with E-state index >= 15 is 0 Å². The molecule has 1 fully saturated rings. The fourth-order valence-electron chi connectivity index (χ4n) is 3.50. The van der Waals surface area contributed by atoms with Gasteiger partial charge in [0.15, 0.2) is 0 Å². The van der Waals surface area contributed by atoms with Crippen molar-refractivity contribution in [3.05, 3.63) is 78.4 Å². The number of aromatic nitrogens is 3. The Morgan fingerprint density at radius 3 is 2.31 bits per heavy atom. The third-order valence-corrected chi connectivity index (χ3v) is 4.97. The molecule has 0 amide bonds. The predicted molar refractivity (Wildman–Crippen MR) is 104 cm³/mol. The van der Waals surface area contributed by atoms with Crippen molar-refractivity contribution in [2.24, 2.45) is 0 Å². The van der Waals surface area contributed by atoms with Crippen LogP contribution >= 0.6 is 0 Å². The van der Waals surface area contributed by atoms with Gasteiger partial charge in [0.25, 0.3) is 0 Å². The Balaban J connectivity index is 1.25. The zero-order chi connectivity index (χ0) is 17.6. The predicted octanol–water partition coefficient (Wildman–Crippen LogP) is 3.40. The molecule has 0 atom stereocenters. The van der Waals surface area contributed by atoms with E-state index in [1.807, 2.05) is 35.5 Å². The van der Waals surface area contributed by atoms with Crippen LogP contribution < -0.4 is 5.32 Å². The number of likely N-dealkylation sites (tertiary alicyclic amines) is 1. The molecule has 0 unspecified atom stereocenters. The van der Waals surface area contributed by atoms with E-state index in [0.29, 0.717) is 6.04 Å². The van der Waals surface area contributed by atoms with Crippen LogP contribution in [0.5, 0.6) is 0 Å². The average Bonchev–Trinajstić information content (AvgIpc) is 3.19. The highest BCUT2D eigenvalue weighted by Crippen LogP contribution is 2.19. The summed E-state index contributed by atoms with van der Waals surface area (Å²) in [7, 11) is 0. The van der Waals surface area contributed by atoms with Gasteiger partial charge >= 0.3 is 0 Å². The Kier molecular flexibility index (Phi) is 5.26. The summed E-state index contributed by atoms with van der Waals surface area (Å²) in [5.41, 5.74) is 3.83. The van der Waals surface area contributed by atoms with Gasteiger partial charge in [0.1, 0.15) is 0 Å². The number of benzene rings is 1. The Bertz CT molecular complexity index is 775. The van der Waals surface area contributed by atoms with Gasteiger partial charge in [-0.05, 0) is 54.3 Å². The molecule has 3 aromatic rings. The van der Waals surface area contributed by atoms with Crippen LogP contribution in [-0.2, 0) is 13.1 Å². The molecule has 5 heteroatoms. The first-order valence-corrected chi connectivity index (χ1v) is 9.29. The summed E-state index contributed by atoms with van der Waals surface area (Å²) in [6.45, 7) is 4.12.